The van der Waals surface area contributed by atoms with Gasteiger partial charge in [0.1, 0.15) is 18.0 Å². The number of nitriles is 2. The molecule has 1 aromatic carbocycles. The van der Waals surface area contributed by atoms with E-state index in [9.17, 15) is 14.9 Å². The van der Waals surface area contributed by atoms with Crippen molar-refractivity contribution in [1.82, 2.24) is 21.0 Å². The number of benzene rings is 1. The number of halogens is 1. The van der Waals surface area contributed by atoms with Gasteiger partial charge in [-0.3, -0.25) is 9.99 Å². The summed E-state index contributed by atoms with van der Waals surface area (Å²) in [5.41, 5.74) is 10.7. The van der Waals surface area contributed by atoms with Gasteiger partial charge in [0.25, 0.3) is 0 Å². The van der Waals surface area contributed by atoms with Crippen LogP contribution in [0.1, 0.15) is 58.1 Å². The van der Waals surface area contributed by atoms with Crippen molar-refractivity contribution in [3.63, 3.8) is 0 Å². The molecular formula is C31H35FN8. The van der Waals surface area contributed by atoms with Crippen molar-refractivity contribution < 1.29 is 4.39 Å². The van der Waals surface area contributed by atoms with Crippen LogP contribution < -0.4 is 21.6 Å². The predicted octanol–water partition coefficient (Wildman–Crippen LogP) is 5.92. The fourth-order valence-corrected chi connectivity index (χ4v) is 5.47. The fourth-order valence-electron chi connectivity index (χ4n) is 5.47. The number of pyridine rings is 1. The monoisotopic (exact) mass is 538 g/mol. The molecule has 1 aliphatic heterocycles. The Labute approximate surface area is 234 Å². The Hall–Kier alpha value is -4.34. The van der Waals surface area contributed by atoms with Crippen LogP contribution in [-0.2, 0) is 0 Å². The summed E-state index contributed by atoms with van der Waals surface area (Å²) in [6.45, 7) is 12.8. The lowest BCUT2D eigenvalue weighted by Gasteiger charge is -2.64. The van der Waals surface area contributed by atoms with E-state index in [0.717, 1.165) is 11.6 Å². The van der Waals surface area contributed by atoms with Crippen molar-refractivity contribution in [2.75, 3.05) is 17.2 Å². The van der Waals surface area contributed by atoms with Crippen LogP contribution in [0, 0.1) is 34.0 Å². The summed E-state index contributed by atoms with van der Waals surface area (Å²) in [6, 6.07) is 7.67. The average Bonchev–Trinajstić information content (AvgIpc) is 3.34. The first kappa shape index (κ1) is 27.2. The van der Waals surface area contributed by atoms with Crippen LogP contribution in [0.25, 0.3) is 10.9 Å². The number of hydrogen-bond acceptors (Lipinski definition) is 8. The minimum absolute atomic E-state index is 0.0342. The third-order valence-corrected chi connectivity index (χ3v) is 7.84. The summed E-state index contributed by atoms with van der Waals surface area (Å²) in [7, 11) is 0. The Bertz CT molecular complexity index is 1510. The molecule has 2 aromatic rings. The number of allylic oxidation sites excluding steroid dienone is 3. The molecule has 0 saturated heterocycles. The molecule has 206 valence electrons. The normalized spacial score (nSPS) is 22.5. The Morgan fingerprint density at radius 2 is 1.98 bits per heavy atom. The highest BCUT2D eigenvalue weighted by Gasteiger charge is 2.60. The zero-order valence-corrected chi connectivity index (χ0v) is 23.4. The van der Waals surface area contributed by atoms with E-state index in [1.165, 1.54) is 37.6 Å². The number of rotatable bonds is 9. The molecule has 4 N–H and O–H groups in total. The fraction of sp³-hybridized carbons (Fsp3) is 0.387. The van der Waals surface area contributed by atoms with Crippen molar-refractivity contribution in [2.45, 2.75) is 58.5 Å². The SMILES string of the molecule is C=C(/C=C\C(F)=C/C)[C@H](Nc1cc(C#N)c2ncc(C#N)c(NCC(C)(C)C)c2c1)C1=CN(C23CC(C2)C3)NN1. The molecule has 2 bridgehead atoms. The topological polar surface area (TPSA) is 112 Å². The quantitative estimate of drug-likeness (QED) is 0.291. The van der Waals surface area contributed by atoms with Crippen LogP contribution in [0.3, 0.4) is 0 Å². The van der Waals surface area contributed by atoms with Crippen LogP contribution in [0.2, 0.25) is 0 Å². The predicted molar refractivity (Wildman–Crippen MR) is 156 cm³/mol. The number of fused-ring (bicyclic) bond motifs is 1. The molecule has 8 nitrogen and oxygen atoms in total. The van der Waals surface area contributed by atoms with Crippen molar-refractivity contribution in [3.8, 4) is 12.1 Å². The van der Waals surface area contributed by atoms with E-state index < -0.39 is 6.04 Å². The second-order valence-corrected chi connectivity index (χ2v) is 12.2. The van der Waals surface area contributed by atoms with Gasteiger partial charge in [0.15, 0.2) is 0 Å². The van der Waals surface area contributed by atoms with E-state index in [2.05, 4.69) is 77.3 Å². The highest BCUT2D eigenvalue weighted by Crippen LogP contribution is 2.60. The molecule has 1 aromatic heterocycles. The molecule has 3 aliphatic carbocycles. The van der Waals surface area contributed by atoms with Crippen LogP contribution >= 0.6 is 0 Å². The van der Waals surface area contributed by atoms with Crippen LogP contribution in [-0.4, -0.2) is 28.1 Å². The molecule has 0 amide bonds. The molecule has 0 radical (unpaired) electrons. The lowest BCUT2D eigenvalue weighted by atomic mass is 9.49. The lowest BCUT2D eigenvalue weighted by molar-refractivity contribution is -0.141. The Kier molecular flexibility index (Phi) is 7.03. The third-order valence-electron chi connectivity index (χ3n) is 7.84. The molecule has 1 atom stereocenters. The molecule has 4 aliphatic rings. The highest BCUT2D eigenvalue weighted by atomic mass is 19.1. The molecule has 3 fully saturated rings. The molecular weight excluding hydrogens is 503 g/mol. The van der Waals surface area contributed by atoms with E-state index in [1.54, 1.807) is 19.1 Å². The molecule has 6 rings (SSSR count). The maximum absolute atomic E-state index is 14.0. The van der Waals surface area contributed by atoms with Crippen molar-refractivity contribution in [3.05, 3.63) is 77.6 Å². The minimum Gasteiger partial charge on any atom is -0.383 e. The van der Waals surface area contributed by atoms with E-state index >= 15 is 0 Å². The number of hydrazine groups is 2. The van der Waals surface area contributed by atoms with Crippen LogP contribution in [0.15, 0.2) is 66.4 Å². The first-order valence-corrected chi connectivity index (χ1v) is 13.5. The van der Waals surface area contributed by atoms with E-state index in [0.29, 0.717) is 45.5 Å². The lowest BCUT2D eigenvalue weighted by Crippen LogP contribution is -2.69. The minimum atomic E-state index is -0.451. The van der Waals surface area contributed by atoms with E-state index in [4.69, 9.17) is 0 Å². The van der Waals surface area contributed by atoms with Crippen molar-refractivity contribution in [2.24, 2.45) is 11.3 Å². The number of nitrogens with zero attached hydrogens (tertiary/aromatic N) is 4. The largest absolute Gasteiger partial charge is 0.383 e. The van der Waals surface area contributed by atoms with Crippen LogP contribution in [0.5, 0.6) is 0 Å². The van der Waals surface area contributed by atoms with Gasteiger partial charge in [-0.05, 0) is 61.3 Å². The smallest absolute Gasteiger partial charge is 0.118 e. The number of aromatic nitrogens is 1. The summed E-state index contributed by atoms with van der Waals surface area (Å²) in [4.78, 5) is 4.45. The Morgan fingerprint density at radius 1 is 1.25 bits per heavy atom. The zero-order chi connectivity index (χ0) is 28.7. The molecule has 40 heavy (non-hydrogen) atoms. The number of nitrogens with one attached hydrogen (secondary N) is 4. The summed E-state index contributed by atoms with van der Waals surface area (Å²) in [6.07, 6.45) is 11.5. The highest BCUT2D eigenvalue weighted by molar-refractivity contribution is 5.99. The summed E-state index contributed by atoms with van der Waals surface area (Å²) >= 11 is 0. The van der Waals surface area contributed by atoms with Gasteiger partial charge in [-0.2, -0.15) is 10.5 Å². The van der Waals surface area contributed by atoms with E-state index in [1.807, 2.05) is 6.07 Å². The first-order valence-electron chi connectivity index (χ1n) is 13.5. The van der Waals surface area contributed by atoms with Gasteiger partial charge in [-0.1, -0.05) is 39.5 Å². The van der Waals surface area contributed by atoms with Gasteiger partial charge in [0.05, 0.1) is 39.6 Å². The molecule has 2 heterocycles. The van der Waals surface area contributed by atoms with Crippen LogP contribution in [0.4, 0.5) is 15.8 Å². The second kappa shape index (κ2) is 10.3. The zero-order valence-electron chi connectivity index (χ0n) is 23.4. The van der Waals surface area contributed by atoms with Gasteiger partial charge in [0, 0.05) is 30.0 Å². The molecule has 0 spiro atoms. The summed E-state index contributed by atoms with van der Waals surface area (Å²) in [5.74, 6) is 0.467. The van der Waals surface area contributed by atoms with Gasteiger partial charge >= 0.3 is 0 Å². The standard InChI is InChI=1S/C31H35FN8/c1-6-23(32)8-7-19(2)27(26-17-40(39-38-26)31-11-20(12-31)13-31)37-24-9-21(14-33)28-25(10-24)29(22(15-34)16-35-28)36-18-30(3,4)5/h6-10,16-17,20,27,37-39H,2,11-13,18H2,1,3-5H3,(H,35,36)/b8-7-,23-6+/t20?,27-,31?/m0/s1. The first-order chi connectivity index (χ1) is 19.1. The Balaban J connectivity index is 1.54. The van der Waals surface area contributed by atoms with E-state index in [-0.39, 0.29) is 16.8 Å². The second-order valence-electron chi connectivity index (χ2n) is 12.2. The Morgan fingerprint density at radius 3 is 2.58 bits per heavy atom. The number of anilines is 2. The molecule has 9 heteroatoms. The van der Waals surface area contributed by atoms with Gasteiger partial charge in [0.2, 0.25) is 0 Å². The maximum atomic E-state index is 14.0. The van der Waals surface area contributed by atoms with Gasteiger partial charge in [-0.25, -0.2) is 4.39 Å². The number of hydrogen-bond donors (Lipinski definition) is 4. The third kappa shape index (κ3) is 5.13. The summed E-state index contributed by atoms with van der Waals surface area (Å²) < 4.78 is 14.0. The maximum Gasteiger partial charge on any atom is 0.118 e. The van der Waals surface area contributed by atoms with Crippen molar-refractivity contribution >= 4 is 22.3 Å². The van der Waals surface area contributed by atoms with Gasteiger partial charge < -0.3 is 16.1 Å². The average molecular weight is 539 g/mol. The molecule has 0 unspecified atom stereocenters. The van der Waals surface area contributed by atoms with Gasteiger partial charge in [-0.15, -0.1) is 5.53 Å². The molecule has 3 saturated carbocycles. The summed E-state index contributed by atoms with van der Waals surface area (Å²) in [5, 5.41) is 29.6. The van der Waals surface area contributed by atoms with Crippen molar-refractivity contribution in [1.29, 1.82) is 10.5 Å².